The molecule has 1 aliphatic rings. The minimum Gasteiger partial charge on any atom is -0.493 e. The molecule has 0 N–H and O–H groups in total. The van der Waals surface area contributed by atoms with Crippen LogP contribution in [0.25, 0.3) is 0 Å². The molecule has 27 heavy (non-hydrogen) atoms. The number of likely N-dealkylation sites (tertiary alicyclic amines) is 1. The number of piperidine rings is 1. The van der Waals surface area contributed by atoms with Gasteiger partial charge in [0.25, 0.3) is 0 Å². The maximum Gasteiger partial charge on any atom is 0.226 e. The predicted octanol–water partition coefficient (Wildman–Crippen LogP) is 4.28. The van der Waals surface area contributed by atoms with Crippen LogP contribution in [0.5, 0.6) is 11.5 Å². The number of para-hydroxylation sites is 1. The molecule has 0 atom stereocenters. The molecule has 0 bridgehead atoms. The van der Waals surface area contributed by atoms with Crippen LogP contribution in [-0.2, 0) is 4.79 Å². The molecule has 1 heterocycles. The zero-order valence-corrected chi connectivity index (χ0v) is 15.9. The minimum absolute atomic E-state index is 0.0858. The van der Waals surface area contributed by atoms with Crippen molar-refractivity contribution in [2.24, 2.45) is 0 Å². The number of hydrogen-bond acceptors (Lipinski definition) is 3. The van der Waals surface area contributed by atoms with Gasteiger partial charge in [-0.15, -0.1) is 0 Å². The van der Waals surface area contributed by atoms with E-state index in [0.717, 1.165) is 29.7 Å². The third kappa shape index (κ3) is 5.22. The number of rotatable bonds is 6. The van der Waals surface area contributed by atoms with Crippen LogP contribution < -0.4 is 9.47 Å². The van der Waals surface area contributed by atoms with Gasteiger partial charge in [0.1, 0.15) is 23.4 Å². The maximum absolute atomic E-state index is 12.9. The van der Waals surface area contributed by atoms with Crippen molar-refractivity contribution in [1.29, 1.82) is 0 Å². The molecule has 1 aliphatic heterocycles. The molecule has 4 nitrogen and oxygen atoms in total. The van der Waals surface area contributed by atoms with E-state index in [-0.39, 0.29) is 17.8 Å². The van der Waals surface area contributed by atoms with Gasteiger partial charge in [-0.05, 0) is 49.2 Å². The van der Waals surface area contributed by atoms with Crippen LogP contribution in [0.1, 0.15) is 30.4 Å². The molecule has 0 saturated carbocycles. The third-order valence-corrected chi connectivity index (χ3v) is 4.89. The molecule has 1 saturated heterocycles. The van der Waals surface area contributed by atoms with Gasteiger partial charge in [-0.2, -0.15) is 0 Å². The molecular weight excluding hydrogens is 345 g/mol. The molecule has 0 unspecified atom stereocenters. The Morgan fingerprint density at radius 2 is 1.70 bits per heavy atom. The lowest BCUT2D eigenvalue weighted by Gasteiger charge is -2.33. The zero-order valence-electron chi connectivity index (χ0n) is 15.9. The Morgan fingerprint density at radius 1 is 1.07 bits per heavy atom. The number of benzene rings is 2. The van der Waals surface area contributed by atoms with Crippen molar-refractivity contribution in [1.82, 2.24) is 4.90 Å². The van der Waals surface area contributed by atoms with Gasteiger partial charge in [-0.3, -0.25) is 4.79 Å². The van der Waals surface area contributed by atoms with Crippen LogP contribution >= 0.6 is 0 Å². The van der Waals surface area contributed by atoms with Crippen LogP contribution in [-0.4, -0.2) is 36.6 Å². The number of ether oxygens (including phenoxy) is 2. The summed E-state index contributed by atoms with van der Waals surface area (Å²) in [7, 11) is 0. The SMILES string of the molecule is Cc1cccc(C)c1OC1CCN(C(=O)CCOc2ccc(F)cc2)CC1. The van der Waals surface area contributed by atoms with Gasteiger partial charge in [0.05, 0.1) is 13.0 Å². The van der Waals surface area contributed by atoms with Crippen LogP contribution in [0, 0.1) is 19.7 Å². The fourth-order valence-corrected chi connectivity index (χ4v) is 3.32. The van der Waals surface area contributed by atoms with Crippen LogP contribution in [0.4, 0.5) is 4.39 Å². The van der Waals surface area contributed by atoms with E-state index in [1.54, 1.807) is 12.1 Å². The molecule has 2 aromatic carbocycles. The molecule has 0 aromatic heterocycles. The number of nitrogens with zero attached hydrogens (tertiary/aromatic N) is 1. The zero-order chi connectivity index (χ0) is 19.2. The number of amides is 1. The van der Waals surface area contributed by atoms with E-state index in [1.165, 1.54) is 12.1 Å². The Bertz CT molecular complexity index is 747. The molecule has 144 valence electrons. The number of halogens is 1. The second-order valence-corrected chi connectivity index (χ2v) is 6.97. The first-order valence-corrected chi connectivity index (χ1v) is 9.42. The van der Waals surface area contributed by atoms with Crippen molar-refractivity contribution in [3.8, 4) is 11.5 Å². The van der Waals surface area contributed by atoms with Gasteiger partial charge >= 0.3 is 0 Å². The summed E-state index contributed by atoms with van der Waals surface area (Å²) in [4.78, 5) is 14.2. The first-order valence-electron chi connectivity index (χ1n) is 9.42. The lowest BCUT2D eigenvalue weighted by Crippen LogP contribution is -2.42. The molecule has 1 amide bonds. The summed E-state index contributed by atoms with van der Waals surface area (Å²) in [5.41, 5.74) is 2.29. The van der Waals surface area contributed by atoms with Crippen molar-refractivity contribution < 1.29 is 18.7 Å². The van der Waals surface area contributed by atoms with Gasteiger partial charge in [-0.25, -0.2) is 4.39 Å². The summed E-state index contributed by atoms with van der Waals surface area (Å²) in [5.74, 6) is 1.33. The normalized spacial score (nSPS) is 14.9. The van der Waals surface area contributed by atoms with Gasteiger partial charge in [0.2, 0.25) is 5.91 Å². The van der Waals surface area contributed by atoms with Crippen LogP contribution in [0.2, 0.25) is 0 Å². The first-order chi connectivity index (χ1) is 13.0. The molecule has 3 rings (SSSR count). The maximum atomic E-state index is 12.9. The highest BCUT2D eigenvalue weighted by Gasteiger charge is 2.24. The largest absolute Gasteiger partial charge is 0.493 e. The quantitative estimate of drug-likeness (QED) is 0.761. The molecule has 2 aromatic rings. The Morgan fingerprint density at radius 3 is 2.33 bits per heavy atom. The second-order valence-electron chi connectivity index (χ2n) is 6.97. The van der Waals surface area contributed by atoms with E-state index >= 15 is 0 Å². The standard InChI is InChI=1S/C22H26FNO3/c1-16-4-3-5-17(2)22(16)27-20-10-13-24(14-11-20)21(25)12-15-26-19-8-6-18(23)7-9-19/h3-9,20H,10-15H2,1-2H3. The molecule has 0 spiro atoms. The summed E-state index contributed by atoms with van der Waals surface area (Å²) < 4.78 is 24.6. The van der Waals surface area contributed by atoms with Gasteiger partial charge < -0.3 is 14.4 Å². The molecular formula is C22H26FNO3. The highest BCUT2D eigenvalue weighted by atomic mass is 19.1. The molecule has 5 heteroatoms. The average molecular weight is 371 g/mol. The van der Waals surface area contributed by atoms with Crippen molar-refractivity contribution in [2.45, 2.75) is 39.2 Å². The summed E-state index contributed by atoms with van der Waals surface area (Å²) in [6.45, 7) is 5.81. The lowest BCUT2D eigenvalue weighted by molar-refractivity contribution is -0.133. The fourth-order valence-electron chi connectivity index (χ4n) is 3.32. The predicted molar refractivity (Wildman–Crippen MR) is 103 cm³/mol. The van der Waals surface area contributed by atoms with Gasteiger partial charge in [0, 0.05) is 25.9 Å². The van der Waals surface area contributed by atoms with Crippen molar-refractivity contribution in [3.05, 3.63) is 59.4 Å². The second kappa shape index (κ2) is 8.89. The summed E-state index contributed by atoms with van der Waals surface area (Å²) in [5, 5.41) is 0. The Hall–Kier alpha value is -2.56. The average Bonchev–Trinajstić information content (AvgIpc) is 2.67. The lowest BCUT2D eigenvalue weighted by atomic mass is 10.1. The highest BCUT2D eigenvalue weighted by Crippen LogP contribution is 2.26. The number of carbonyl (C=O) groups excluding carboxylic acids is 1. The van der Waals surface area contributed by atoms with E-state index in [1.807, 2.05) is 11.0 Å². The van der Waals surface area contributed by atoms with E-state index < -0.39 is 0 Å². The third-order valence-electron chi connectivity index (χ3n) is 4.89. The summed E-state index contributed by atoms with van der Waals surface area (Å²) >= 11 is 0. The summed E-state index contributed by atoms with van der Waals surface area (Å²) in [6, 6.07) is 12.0. The van der Waals surface area contributed by atoms with E-state index in [2.05, 4.69) is 26.0 Å². The van der Waals surface area contributed by atoms with E-state index in [0.29, 0.717) is 31.9 Å². The van der Waals surface area contributed by atoms with Gasteiger partial charge in [0.15, 0.2) is 0 Å². The minimum atomic E-state index is -0.301. The molecule has 1 fully saturated rings. The monoisotopic (exact) mass is 371 g/mol. The fraction of sp³-hybridized carbons (Fsp3) is 0.409. The number of aryl methyl sites for hydroxylation is 2. The highest BCUT2D eigenvalue weighted by molar-refractivity contribution is 5.76. The number of hydrogen-bond donors (Lipinski definition) is 0. The van der Waals surface area contributed by atoms with Crippen LogP contribution in [0.3, 0.4) is 0 Å². The topological polar surface area (TPSA) is 38.8 Å². The van der Waals surface area contributed by atoms with Crippen molar-refractivity contribution >= 4 is 5.91 Å². The first kappa shape index (κ1) is 19.2. The summed E-state index contributed by atoms with van der Waals surface area (Å²) in [6.07, 6.45) is 2.13. The smallest absolute Gasteiger partial charge is 0.226 e. The van der Waals surface area contributed by atoms with Gasteiger partial charge in [-0.1, -0.05) is 18.2 Å². The van der Waals surface area contributed by atoms with Crippen molar-refractivity contribution in [2.75, 3.05) is 19.7 Å². The molecule has 0 radical (unpaired) electrons. The van der Waals surface area contributed by atoms with Crippen LogP contribution in [0.15, 0.2) is 42.5 Å². The Balaban J connectivity index is 1.42. The van der Waals surface area contributed by atoms with E-state index in [9.17, 15) is 9.18 Å². The number of carbonyl (C=O) groups is 1. The Labute approximate surface area is 159 Å². The van der Waals surface area contributed by atoms with Crippen molar-refractivity contribution in [3.63, 3.8) is 0 Å². The van der Waals surface area contributed by atoms with E-state index in [4.69, 9.17) is 9.47 Å². The Kier molecular flexibility index (Phi) is 6.32. The molecule has 0 aliphatic carbocycles.